The van der Waals surface area contributed by atoms with Crippen molar-refractivity contribution in [1.29, 1.82) is 0 Å². The summed E-state index contributed by atoms with van der Waals surface area (Å²) in [6, 6.07) is 4.56. The topological polar surface area (TPSA) is 38.8 Å². The molecule has 0 unspecified atom stereocenters. The van der Waals surface area contributed by atoms with Crippen LogP contribution >= 0.6 is 0 Å². The van der Waals surface area contributed by atoms with Gasteiger partial charge in [0.15, 0.2) is 11.5 Å². The Morgan fingerprint density at radius 3 is 2.65 bits per heavy atom. The summed E-state index contributed by atoms with van der Waals surface area (Å²) < 4.78 is 34.4. The Labute approximate surface area is 135 Å². The molecule has 0 aliphatic heterocycles. The summed E-state index contributed by atoms with van der Waals surface area (Å²) in [5, 5.41) is 0. The van der Waals surface area contributed by atoms with Gasteiger partial charge in [-0.05, 0) is 37.1 Å². The van der Waals surface area contributed by atoms with Crippen LogP contribution in [0.3, 0.4) is 0 Å². The Balaban J connectivity index is 2.81. The highest BCUT2D eigenvalue weighted by Gasteiger charge is 2.11. The fourth-order valence-corrected chi connectivity index (χ4v) is 1.89. The first-order chi connectivity index (χ1) is 11.0. The molecular weight excluding hydrogens is 304 g/mol. The van der Waals surface area contributed by atoms with Gasteiger partial charge >= 0.3 is 6.61 Å². The first kappa shape index (κ1) is 18.9. The van der Waals surface area contributed by atoms with E-state index in [0.717, 1.165) is 12.8 Å². The molecule has 0 aliphatic carbocycles. The summed E-state index contributed by atoms with van der Waals surface area (Å²) in [6.07, 6.45) is 5.04. The molecule has 0 aromatic heterocycles. The van der Waals surface area contributed by atoms with E-state index in [9.17, 15) is 13.6 Å². The van der Waals surface area contributed by atoms with Gasteiger partial charge < -0.3 is 14.4 Å². The van der Waals surface area contributed by atoms with E-state index >= 15 is 0 Å². The quantitative estimate of drug-likeness (QED) is 0.645. The smallest absolute Gasteiger partial charge is 0.387 e. The number of alkyl halides is 2. The van der Waals surface area contributed by atoms with Gasteiger partial charge in [0.1, 0.15) is 0 Å². The molecule has 0 fully saturated rings. The average Bonchev–Trinajstić information content (AvgIpc) is 2.52. The number of benzene rings is 1. The number of likely N-dealkylation sites (N-methyl/N-ethyl adjacent to an activating group) is 1. The molecule has 0 saturated carbocycles. The van der Waals surface area contributed by atoms with E-state index in [1.807, 2.05) is 0 Å². The van der Waals surface area contributed by atoms with Crippen LogP contribution in [0.5, 0.6) is 11.5 Å². The molecule has 4 nitrogen and oxygen atoms in total. The predicted octanol–water partition coefficient (Wildman–Crippen LogP) is 3.96. The van der Waals surface area contributed by atoms with Crippen LogP contribution in [0.25, 0.3) is 6.08 Å². The summed E-state index contributed by atoms with van der Waals surface area (Å²) in [5.41, 5.74) is 0.673. The molecule has 0 saturated heterocycles. The lowest BCUT2D eigenvalue weighted by atomic mass is 10.2. The van der Waals surface area contributed by atoms with Crippen molar-refractivity contribution in [1.82, 2.24) is 4.90 Å². The molecule has 1 amide bonds. The summed E-state index contributed by atoms with van der Waals surface area (Å²) in [6.45, 7) is 1.92. The third-order valence-electron chi connectivity index (χ3n) is 3.13. The van der Waals surface area contributed by atoms with Crippen molar-refractivity contribution in [2.24, 2.45) is 0 Å². The molecule has 1 rings (SSSR count). The molecule has 6 heteroatoms. The molecule has 0 heterocycles. The van der Waals surface area contributed by atoms with Crippen LogP contribution in [0.4, 0.5) is 8.78 Å². The SMILES string of the molecule is CCCCN(C)C(=O)/C=C/c1ccc(OC(F)F)c(OCC)c1. The maximum absolute atomic E-state index is 12.3. The highest BCUT2D eigenvalue weighted by molar-refractivity contribution is 5.91. The van der Waals surface area contributed by atoms with Crippen LogP contribution in [0, 0.1) is 0 Å². The monoisotopic (exact) mass is 327 g/mol. The first-order valence-electron chi connectivity index (χ1n) is 7.62. The number of halogens is 2. The predicted molar refractivity (Wildman–Crippen MR) is 85.8 cm³/mol. The van der Waals surface area contributed by atoms with Crippen molar-refractivity contribution in [3.05, 3.63) is 29.8 Å². The van der Waals surface area contributed by atoms with Gasteiger partial charge in [0, 0.05) is 19.7 Å². The van der Waals surface area contributed by atoms with Gasteiger partial charge in [0.25, 0.3) is 0 Å². The van der Waals surface area contributed by atoms with Crippen LogP contribution in [0.1, 0.15) is 32.3 Å². The number of amides is 1. The number of hydrogen-bond acceptors (Lipinski definition) is 3. The molecule has 128 valence electrons. The second-order valence-corrected chi connectivity index (χ2v) is 4.96. The number of ether oxygens (including phenoxy) is 2. The van der Waals surface area contributed by atoms with Crippen LogP contribution in [0.2, 0.25) is 0 Å². The normalized spacial score (nSPS) is 11.0. The van der Waals surface area contributed by atoms with Crippen LogP contribution in [-0.2, 0) is 4.79 Å². The third kappa shape index (κ3) is 6.67. The molecule has 1 aromatic rings. The van der Waals surface area contributed by atoms with Gasteiger partial charge in [0.05, 0.1) is 6.61 Å². The summed E-state index contributed by atoms with van der Waals surface area (Å²) >= 11 is 0. The third-order valence-corrected chi connectivity index (χ3v) is 3.13. The molecule has 0 aliphatic rings. The zero-order valence-electron chi connectivity index (χ0n) is 13.7. The minimum atomic E-state index is -2.91. The zero-order chi connectivity index (χ0) is 17.2. The van der Waals surface area contributed by atoms with Crippen molar-refractivity contribution in [2.75, 3.05) is 20.2 Å². The van der Waals surface area contributed by atoms with Crippen LogP contribution in [0.15, 0.2) is 24.3 Å². The molecule has 0 spiro atoms. The number of carbonyl (C=O) groups excluding carboxylic acids is 1. The Morgan fingerprint density at radius 2 is 2.04 bits per heavy atom. The summed E-state index contributed by atoms with van der Waals surface area (Å²) in [7, 11) is 1.74. The lowest BCUT2D eigenvalue weighted by Crippen LogP contribution is -2.25. The maximum Gasteiger partial charge on any atom is 0.387 e. The van der Waals surface area contributed by atoms with Gasteiger partial charge in [0.2, 0.25) is 5.91 Å². The van der Waals surface area contributed by atoms with Gasteiger partial charge in [-0.25, -0.2) is 0 Å². The average molecular weight is 327 g/mol. The second-order valence-electron chi connectivity index (χ2n) is 4.96. The summed E-state index contributed by atoms with van der Waals surface area (Å²) in [4.78, 5) is 13.6. The van der Waals surface area contributed by atoms with E-state index in [4.69, 9.17) is 4.74 Å². The fourth-order valence-electron chi connectivity index (χ4n) is 1.89. The van der Waals surface area contributed by atoms with Crippen molar-refractivity contribution in [3.63, 3.8) is 0 Å². The minimum absolute atomic E-state index is 0.0228. The van der Waals surface area contributed by atoms with Gasteiger partial charge in [-0.1, -0.05) is 19.4 Å². The van der Waals surface area contributed by atoms with E-state index in [2.05, 4.69) is 11.7 Å². The highest BCUT2D eigenvalue weighted by atomic mass is 19.3. The largest absolute Gasteiger partial charge is 0.490 e. The molecule has 0 radical (unpaired) electrons. The van der Waals surface area contributed by atoms with Crippen molar-refractivity contribution < 1.29 is 23.0 Å². The van der Waals surface area contributed by atoms with E-state index < -0.39 is 6.61 Å². The van der Waals surface area contributed by atoms with Crippen LogP contribution < -0.4 is 9.47 Å². The van der Waals surface area contributed by atoms with Crippen molar-refractivity contribution >= 4 is 12.0 Å². The Morgan fingerprint density at radius 1 is 1.30 bits per heavy atom. The fraction of sp³-hybridized carbons (Fsp3) is 0.471. The molecule has 0 bridgehead atoms. The first-order valence-corrected chi connectivity index (χ1v) is 7.62. The van der Waals surface area contributed by atoms with E-state index in [1.165, 1.54) is 12.1 Å². The Kier molecular flexibility index (Phi) is 8.08. The lowest BCUT2D eigenvalue weighted by molar-refractivity contribution is -0.124. The van der Waals surface area contributed by atoms with Gasteiger partial charge in [-0.3, -0.25) is 4.79 Å². The van der Waals surface area contributed by atoms with Gasteiger partial charge in [-0.15, -0.1) is 0 Å². The number of carbonyl (C=O) groups is 1. The summed E-state index contributed by atoms with van der Waals surface area (Å²) in [5.74, 6) is 0.0939. The Hall–Kier alpha value is -2.11. The standard InChI is InChI=1S/C17H23F2NO3/c1-4-6-11-20(3)16(21)10-8-13-7-9-14(23-17(18)19)15(12-13)22-5-2/h7-10,12,17H,4-6,11H2,1-3H3/b10-8+. The van der Waals surface area contributed by atoms with E-state index in [-0.39, 0.29) is 17.4 Å². The molecule has 23 heavy (non-hydrogen) atoms. The lowest BCUT2D eigenvalue weighted by Gasteiger charge is -2.14. The molecule has 0 atom stereocenters. The van der Waals surface area contributed by atoms with Crippen molar-refractivity contribution in [3.8, 4) is 11.5 Å². The maximum atomic E-state index is 12.3. The van der Waals surface area contributed by atoms with Crippen molar-refractivity contribution in [2.45, 2.75) is 33.3 Å². The molecule has 1 aromatic carbocycles. The van der Waals surface area contributed by atoms with E-state index in [0.29, 0.717) is 18.7 Å². The second kappa shape index (κ2) is 9.82. The number of unbranched alkanes of at least 4 members (excludes halogenated alkanes) is 1. The minimum Gasteiger partial charge on any atom is -0.490 e. The molecule has 0 N–H and O–H groups in total. The van der Waals surface area contributed by atoms with Crippen LogP contribution in [-0.4, -0.2) is 37.6 Å². The van der Waals surface area contributed by atoms with E-state index in [1.54, 1.807) is 37.1 Å². The number of rotatable bonds is 9. The Bertz CT molecular complexity index is 533. The molecular formula is C17H23F2NO3. The zero-order valence-corrected chi connectivity index (χ0v) is 13.7. The highest BCUT2D eigenvalue weighted by Crippen LogP contribution is 2.30. The van der Waals surface area contributed by atoms with Gasteiger partial charge in [-0.2, -0.15) is 8.78 Å². The number of nitrogens with zero attached hydrogens (tertiary/aromatic N) is 1. The number of hydrogen-bond donors (Lipinski definition) is 0.